The zero-order valence-electron chi connectivity index (χ0n) is 16.1. The average Bonchev–Trinajstić information content (AvgIpc) is 3.20. The molecule has 0 fully saturated rings. The van der Waals surface area contributed by atoms with Crippen molar-refractivity contribution in [1.82, 2.24) is 20.5 Å². The number of hydrogen-bond donors (Lipinski definition) is 3. The second kappa shape index (κ2) is 8.44. The Morgan fingerprint density at radius 1 is 1.03 bits per heavy atom. The lowest BCUT2D eigenvalue weighted by molar-refractivity contribution is -0.118. The van der Waals surface area contributed by atoms with Crippen LogP contribution in [0.5, 0.6) is 0 Å². The fourth-order valence-corrected chi connectivity index (χ4v) is 3.13. The van der Waals surface area contributed by atoms with Crippen molar-refractivity contribution in [3.05, 3.63) is 78.6 Å². The van der Waals surface area contributed by atoms with Crippen molar-refractivity contribution in [3.8, 4) is 11.1 Å². The molecule has 2 aromatic carbocycles. The Balaban J connectivity index is 1.64. The molecule has 2 amide bonds. The highest BCUT2D eigenvalue weighted by Gasteiger charge is 2.24. The Morgan fingerprint density at radius 3 is 2.60 bits per heavy atom. The molecule has 3 N–H and O–H groups in total. The lowest BCUT2D eigenvalue weighted by Gasteiger charge is -2.17. The van der Waals surface area contributed by atoms with Crippen LogP contribution in [0.25, 0.3) is 22.0 Å². The van der Waals surface area contributed by atoms with Gasteiger partial charge in [0.1, 0.15) is 6.04 Å². The number of nitrogens with zero attached hydrogens (tertiary/aromatic N) is 2. The molecular weight excluding hydrogens is 382 g/mol. The molecule has 30 heavy (non-hydrogen) atoms. The first-order chi connectivity index (χ1) is 14.7. The maximum atomic E-state index is 13.0. The van der Waals surface area contributed by atoms with Gasteiger partial charge in [-0.25, -0.2) is 4.79 Å². The van der Waals surface area contributed by atoms with Crippen molar-refractivity contribution < 1.29 is 14.3 Å². The molecule has 8 heteroatoms. The SMILES string of the molecule is COC(=O)N[C@H](C(=O)Nc1n[nH]c2ccc(-c3cccnc3)cc12)c1ccccc1. The van der Waals surface area contributed by atoms with E-state index in [1.807, 2.05) is 36.4 Å². The molecule has 0 aliphatic carbocycles. The van der Waals surface area contributed by atoms with Crippen LogP contribution in [0.2, 0.25) is 0 Å². The molecule has 0 radical (unpaired) electrons. The van der Waals surface area contributed by atoms with E-state index in [-0.39, 0.29) is 0 Å². The van der Waals surface area contributed by atoms with E-state index >= 15 is 0 Å². The first kappa shape index (κ1) is 19.1. The number of nitrogens with one attached hydrogen (secondary N) is 3. The number of hydrogen-bond acceptors (Lipinski definition) is 5. The predicted octanol–water partition coefficient (Wildman–Crippen LogP) is 3.66. The summed E-state index contributed by atoms with van der Waals surface area (Å²) in [5, 5.41) is 13.2. The van der Waals surface area contributed by atoms with Gasteiger partial charge in [0, 0.05) is 23.3 Å². The van der Waals surface area contributed by atoms with Crippen LogP contribution in [0.1, 0.15) is 11.6 Å². The van der Waals surface area contributed by atoms with Crippen molar-refractivity contribution in [2.75, 3.05) is 12.4 Å². The number of fused-ring (bicyclic) bond motifs is 1. The minimum atomic E-state index is -0.938. The van der Waals surface area contributed by atoms with Crippen molar-refractivity contribution in [1.29, 1.82) is 0 Å². The molecule has 0 unspecified atom stereocenters. The second-order valence-electron chi connectivity index (χ2n) is 6.54. The van der Waals surface area contributed by atoms with Gasteiger partial charge in [-0.15, -0.1) is 0 Å². The topological polar surface area (TPSA) is 109 Å². The molecule has 0 aliphatic heterocycles. The van der Waals surface area contributed by atoms with Gasteiger partial charge < -0.3 is 15.4 Å². The summed E-state index contributed by atoms with van der Waals surface area (Å²) in [6, 6.07) is 17.6. The maximum Gasteiger partial charge on any atom is 0.407 e. The first-order valence-electron chi connectivity index (χ1n) is 9.24. The highest BCUT2D eigenvalue weighted by molar-refractivity contribution is 6.03. The number of anilines is 1. The summed E-state index contributed by atoms with van der Waals surface area (Å²) in [5.74, 6) is -0.0693. The van der Waals surface area contributed by atoms with Crippen LogP contribution < -0.4 is 10.6 Å². The lowest BCUT2D eigenvalue weighted by atomic mass is 10.0. The number of ether oxygens (including phenoxy) is 1. The molecule has 0 aliphatic rings. The number of carbonyl (C=O) groups excluding carboxylic acids is 2. The molecule has 2 heterocycles. The second-order valence-corrected chi connectivity index (χ2v) is 6.54. The number of amides is 2. The van der Waals surface area contributed by atoms with Crippen LogP contribution in [0, 0.1) is 0 Å². The summed E-state index contributed by atoms with van der Waals surface area (Å²) >= 11 is 0. The van der Waals surface area contributed by atoms with Gasteiger partial charge in [-0.05, 0) is 29.3 Å². The third-order valence-electron chi connectivity index (χ3n) is 4.64. The third kappa shape index (κ3) is 3.97. The van der Waals surface area contributed by atoms with Gasteiger partial charge in [0.05, 0.1) is 12.6 Å². The van der Waals surface area contributed by atoms with Crippen molar-refractivity contribution >= 4 is 28.7 Å². The number of aromatic nitrogens is 3. The summed E-state index contributed by atoms with van der Waals surface area (Å²) in [6.07, 6.45) is 2.78. The van der Waals surface area contributed by atoms with Gasteiger partial charge in [-0.3, -0.25) is 14.9 Å². The van der Waals surface area contributed by atoms with Crippen LogP contribution in [-0.4, -0.2) is 34.3 Å². The number of methoxy groups -OCH3 is 1. The maximum absolute atomic E-state index is 13.0. The van der Waals surface area contributed by atoms with Gasteiger partial charge >= 0.3 is 6.09 Å². The Labute approximate surface area is 172 Å². The zero-order chi connectivity index (χ0) is 20.9. The van der Waals surface area contributed by atoms with Crippen molar-refractivity contribution in [2.45, 2.75) is 6.04 Å². The van der Waals surface area contributed by atoms with E-state index in [0.29, 0.717) is 11.4 Å². The van der Waals surface area contributed by atoms with E-state index in [0.717, 1.165) is 22.0 Å². The van der Waals surface area contributed by atoms with E-state index in [2.05, 4.69) is 30.6 Å². The first-order valence-corrected chi connectivity index (χ1v) is 9.24. The molecule has 4 aromatic rings. The molecule has 0 saturated carbocycles. The van der Waals surface area contributed by atoms with Gasteiger partial charge in [-0.2, -0.15) is 5.10 Å². The van der Waals surface area contributed by atoms with Crippen LogP contribution >= 0.6 is 0 Å². The minimum absolute atomic E-state index is 0.369. The number of H-pyrrole nitrogens is 1. The van der Waals surface area contributed by atoms with Gasteiger partial charge in [0.15, 0.2) is 5.82 Å². The number of benzene rings is 2. The fourth-order valence-electron chi connectivity index (χ4n) is 3.13. The third-order valence-corrected chi connectivity index (χ3v) is 4.64. The number of alkyl carbamates (subject to hydrolysis) is 1. The highest BCUT2D eigenvalue weighted by Crippen LogP contribution is 2.28. The highest BCUT2D eigenvalue weighted by atomic mass is 16.5. The summed E-state index contributed by atoms with van der Waals surface area (Å²) in [7, 11) is 1.25. The smallest absolute Gasteiger partial charge is 0.407 e. The van der Waals surface area contributed by atoms with E-state index in [1.165, 1.54) is 7.11 Å². The van der Waals surface area contributed by atoms with Crippen LogP contribution in [0.15, 0.2) is 73.1 Å². The number of carbonyl (C=O) groups is 2. The fraction of sp³-hybridized carbons (Fsp3) is 0.0909. The Hall–Kier alpha value is -4.20. The van der Waals surface area contributed by atoms with Gasteiger partial charge in [-0.1, -0.05) is 42.5 Å². The lowest BCUT2D eigenvalue weighted by Crippen LogP contribution is -2.37. The molecule has 0 spiro atoms. The summed E-state index contributed by atoms with van der Waals surface area (Å²) in [6.45, 7) is 0. The molecular formula is C22H19N5O3. The Bertz CT molecular complexity index is 1180. The molecule has 1 atom stereocenters. The Morgan fingerprint density at radius 2 is 1.87 bits per heavy atom. The van der Waals surface area contributed by atoms with E-state index in [1.54, 1.807) is 36.7 Å². The average molecular weight is 401 g/mol. The van der Waals surface area contributed by atoms with E-state index in [9.17, 15) is 9.59 Å². The van der Waals surface area contributed by atoms with Crippen LogP contribution in [0.3, 0.4) is 0 Å². The zero-order valence-corrected chi connectivity index (χ0v) is 16.1. The molecule has 150 valence electrons. The monoisotopic (exact) mass is 401 g/mol. The predicted molar refractivity (Wildman–Crippen MR) is 113 cm³/mol. The molecule has 8 nitrogen and oxygen atoms in total. The van der Waals surface area contributed by atoms with E-state index < -0.39 is 18.0 Å². The van der Waals surface area contributed by atoms with Crippen molar-refractivity contribution in [3.63, 3.8) is 0 Å². The standard InChI is InChI=1S/C22H19N5O3/c1-30-22(29)24-19(14-6-3-2-4-7-14)21(28)25-20-17-12-15(9-10-18(17)26-27-20)16-8-5-11-23-13-16/h2-13,19H,1H3,(H,24,29)(H2,25,26,27,28)/t19-/m0/s1. The van der Waals surface area contributed by atoms with Gasteiger partial charge in [0.2, 0.25) is 0 Å². The largest absolute Gasteiger partial charge is 0.453 e. The molecule has 0 saturated heterocycles. The number of aromatic amines is 1. The van der Waals surface area contributed by atoms with E-state index in [4.69, 9.17) is 0 Å². The summed E-state index contributed by atoms with van der Waals surface area (Å²) in [5.41, 5.74) is 3.29. The molecule has 2 aromatic heterocycles. The molecule has 0 bridgehead atoms. The van der Waals surface area contributed by atoms with Crippen LogP contribution in [-0.2, 0) is 9.53 Å². The summed E-state index contributed by atoms with van der Waals surface area (Å²) in [4.78, 5) is 28.9. The Kier molecular flexibility index (Phi) is 5.38. The number of rotatable bonds is 5. The van der Waals surface area contributed by atoms with Gasteiger partial charge in [0.25, 0.3) is 5.91 Å². The minimum Gasteiger partial charge on any atom is -0.453 e. The van der Waals surface area contributed by atoms with Crippen molar-refractivity contribution in [2.24, 2.45) is 0 Å². The normalized spacial score (nSPS) is 11.6. The van der Waals surface area contributed by atoms with Crippen LogP contribution in [0.4, 0.5) is 10.6 Å². The quantitative estimate of drug-likeness (QED) is 0.473. The molecule has 4 rings (SSSR count). The summed E-state index contributed by atoms with van der Waals surface area (Å²) < 4.78 is 4.66. The number of pyridine rings is 1.